The number of carboxylic acids is 1. The fourth-order valence-corrected chi connectivity index (χ4v) is 3.25. The van der Waals surface area contributed by atoms with Crippen molar-refractivity contribution in [2.75, 3.05) is 7.11 Å². The Labute approximate surface area is 151 Å². The van der Waals surface area contributed by atoms with E-state index in [-0.39, 0.29) is 0 Å². The fourth-order valence-electron chi connectivity index (χ4n) is 3.05. The molecule has 0 saturated heterocycles. The maximum absolute atomic E-state index is 11.5. The molecule has 0 radical (unpaired) electrons. The molecule has 0 spiro atoms. The van der Waals surface area contributed by atoms with Crippen molar-refractivity contribution in [2.45, 2.75) is 19.3 Å². The summed E-state index contributed by atoms with van der Waals surface area (Å²) < 4.78 is 5.33. The van der Waals surface area contributed by atoms with Crippen LogP contribution in [-0.4, -0.2) is 18.2 Å². The van der Waals surface area contributed by atoms with Gasteiger partial charge in [-0.2, -0.15) is 0 Å². The van der Waals surface area contributed by atoms with E-state index in [2.05, 4.69) is 0 Å². The second kappa shape index (κ2) is 7.16. The zero-order chi connectivity index (χ0) is 18.0. The number of ether oxygens (including phenoxy) is 1. The van der Waals surface area contributed by atoms with Crippen LogP contribution in [0, 0.1) is 0 Å². The molecule has 0 aliphatic carbocycles. The van der Waals surface area contributed by atoms with Crippen LogP contribution in [0.4, 0.5) is 0 Å². The van der Waals surface area contributed by atoms with Crippen LogP contribution in [0.1, 0.15) is 29.5 Å². The summed E-state index contributed by atoms with van der Waals surface area (Å²) >= 11 is 6.30. The van der Waals surface area contributed by atoms with Crippen LogP contribution in [0.5, 0.6) is 5.75 Å². The second-order valence-corrected chi connectivity index (χ2v) is 6.46. The van der Waals surface area contributed by atoms with Crippen molar-refractivity contribution in [3.05, 3.63) is 76.3 Å². The number of benzene rings is 3. The van der Waals surface area contributed by atoms with Gasteiger partial charge in [0.25, 0.3) is 0 Å². The molecule has 0 aliphatic rings. The van der Waals surface area contributed by atoms with Gasteiger partial charge < -0.3 is 9.84 Å². The van der Waals surface area contributed by atoms with Crippen molar-refractivity contribution < 1.29 is 14.6 Å². The normalized spacial score (nSPS) is 12.1. The number of hydrogen-bond donors (Lipinski definition) is 1. The molecule has 1 atom stereocenters. The van der Waals surface area contributed by atoms with Crippen molar-refractivity contribution in [1.29, 1.82) is 0 Å². The van der Waals surface area contributed by atoms with Gasteiger partial charge in [-0.25, -0.2) is 0 Å². The van der Waals surface area contributed by atoms with Gasteiger partial charge in [-0.15, -0.1) is 0 Å². The summed E-state index contributed by atoms with van der Waals surface area (Å²) in [6, 6.07) is 17.4. The van der Waals surface area contributed by atoms with E-state index in [1.807, 2.05) is 54.6 Å². The van der Waals surface area contributed by atoms with Gasteiger partial charge in [0.05, 0.1) is 13.0 Å². The van der Waals surface area contributed by atoms with Crippen LogP contribution in [0.25, 0.3) is 10.8 Å². The summed E-state index contributed by atoms with van der Waals surface area (Å²) in [6.45, 7) is 1.70. The van der Waals surface area contributed by atoms with Crippen LogP contribution < -0.4 is 4.74 Å². The van der Waals surface area contributed by atoms with Crippen molar-refractivity contribution in [3.8, 4) is 5.75 Å². The maximum Gasteiger partial charge on any atom is 0.310 e. The van der Waals surface area contributed by atoms with Crippen LogP contribution in [-0.2, 0) is 11.2 Å². The number of carbonyl (C=O) groups is 1. The molecule has 0 heterocycles. The van der Waals surface area contributed by atoms with Gasteiger partial charge in [-0.05, 0) is 59.0 Å². The lowest BCUT2D eigenvalue weighted by Gasteiger charge is -2.15. The summed E-state index contributed by atoms with van der Waals surface area (Å²) in [6.07, 6.45) is 0.685. The molecular weight excluding hydrogens is 336 g/mol. The minimum Gasteiger partial charge on any atom is -0.497 e. The average Bonchev–Trinajstić information content (AvgIpc) is 2.62. The van der Waals surface area contributed by atoms with Gasteiger partial charge in [0.15, 0.2) is 0 Å². The van der Waals surface area contributed by atoms with Gasteiger partial charge in [0.2, 0.25) is 0 Å². The predicted octanol–water partition coefficient (Wildman–Crippen LogP) is 5.28. The van der Waals surface area contributed by atoms with Gasteiger partial charge in [0.1, 0.15) is 5.75 Å². The van der Waals surface area contributed by atoms with E-state index >= 15 is 0 Å². The number of rotatable bonds is 5. The molecule has 128 valence electrons. The summed E-state index contributed by atoms with van der Waals surface area (Å²) in [5.41, 5.74) is 2.93. The number of carboxylic acid groups (broad SMARTS) is 1. The lowest BCUT2D eigenvalue weighted by molar-refractivity contribution is -0.138. The van der Waals surface area contributed by atoms with Crippen LogP contribution in [0.2, 0.25) is 5.02 Å². The SMILES string of the molecule is COc1ccc2c(Cc3ccccc3Cl)ccc(C(C)C(=O)O)c2c1. The van der Waals surface area contributed by atoms with Gasteiger partial charge in [-0.3, -0.25) is 4.79 Å². The smallest absolute Gasteiger partial charge is 0.310 e. The minimum absolute atomic E-state index is 0.594. The first-order valence-electron chi connectivity index (χ1n) is 8.07. The highest BCUT2D eigenvalue weighted by atomic mass is 35.5. The zero-order valence-electron chi connectivity index (χ0n) is 14.1. The highest BCUT2D eigenvalue weighted by Gasteiger charge is 2.18. The van der Waals surface area contributed by atoms with E-state index in [1.165, 1.54) is 0 Å². The highest BCUT2D eigenvalue weighted by Crippen LogP contribution is 2.33. The largest absolute Gasteiger partial charge is 0.497 e. The van der Waals surface area contributed by atoms with Gasteiger partial charge >= 0.3 is 5.97 Å². The summed E-state index contributed by atoms with van der Waals surface area (Å²) in [4.78, 5) is 11.5. The fraction of sp³-hybridized carbons (Fsp3) is 0.190. The Hall–Kier alpha value is -2.52. The molecule has 0 saturated carbocycles. The Morgan fingerprint density at radius 3 is 2.52 bits per heavy atom. The molecule has 3 nitrogen and oxygen atoms in total. The molecule has 0 bridgehead atoms. The topological polar surface area (TPSA) is 46.5 Å². The van der Waals surface area contributed by atoms with E-state index in [9.17, 15) is 9.90 Å². The molecule has 25 heavy (non-hydrogen) atoms. The molecular formula is C21H19ClO3. The number of methoxy groups -OCH3 is 1. The summed E-state index contributed by atoms with van der Waals surface area (Å²) in [7, 11) is 1.61. The molecule has 3 aromatic carbocycles. The number of aliphatic carboxylic acids is 1. The third kappa shape index (κ3) is 3.47. The monoisotopic (exact) mass is 354 g/mol. The molecule has 1 N–H and O–H groups in total. The van der Waals surface area contributed by atoms with E-state index in [0.717, 1.165) is 32.5 Å². The maximum atomic E-state index is 11.5. The Balaban J connectivity index is 2.16. The van der Waals surface area contributed by atoms with Crippen LogP contribution in [0.3, 0.4) is 0 Å². The molecule has 0 fully saturated rings. The van der Waals surface area contributed by atoms with Crippen molar-refractivity contribution in [2.24, 2.45) is 0 Å². The summed E-state index contributed by atoms with van der Waals surface area (Å²) in [5.74, 6) is -0.729. The molecule has 1 unspecified atom stereocenters. The first-order chi connectivity index (χ1) is 12.0. The number of fused-ring (bicyclic) bond motifs is 1. The van der Waals surface area contributed by atoms with Crippen molar-refractivity contribution in [3.63, 3.8) is 0 Å². The molecule has 4 heteroatoms. The standard InChI is InChI=1S/C21H19ClO3/c1-13(21(23)24)17-9-7-14(11-15-5-3-4-6-20(15)22)18-10-8-16(25-2)12-19(17)18/h3-10,12-13H,11H2,1-2H3,(H,23,24). The number of hydrogen-bond acceptors (Lipinski definition) is 2. The Bertz CT molecular complexity index is 934. The predicted molar refractivity (Wildman–Crippen MR) is 101 cm³/mol. The molecule has 0 aromatic heterocycles. The third-order valence-corrected chi connectivity index (χ3v) is 4.89. The van der Waals surface area contributed by atoms with Gasteiger partial charge in [-0.1, -0.05) is 48.0 Å². The molecule has 3 rings (SSSR count). The first kappa shape index (κ1) is 17.3. The zero-order valence-corrected chi connectivity index (χ0v) is 14.9. The lowest BCUT2D eigenvalue weighted by atomic mass is 9.90. The van der Waals surface area contributed by atoms with Crippen LogP contribution in [0.15, 0.2) is 54.6 Å². The van der Waals surface area contributed by atoms with E-state index in [4.69, 9.17) is 16.3 Å². The second-order valence-electron chi connectivity index (χ2n) is 6.05. The lowest BCUT2D eigenvalue weighted by Crippen LogP contribution is -2.08. The Morgan fingerprint density at radius 2 is 1.84 bits per heavy atom. The number of halogens is 1. The first-order valence-corrected chi connectivity index (χ1v) is 8.44. The molecule has 0 aliphatic heterocycles. The summed E-state index contributed by atoms with van der Waals surface area (Å²) in [5, 5.41) is 12.1. The average molecular weight is 355 g/mol. The van der Waals surface area contributed by atoms with E-state index in [0.29, 0.717) is 12.2 Å². The Kier molecular flexibility index (Phi) is 4.95. The Morgan fingerprint density at radius 1 is 1.08 bits per heavy atom. The van der Waals surface area contributed by atoms with Crippen molar-refractivity contribution in [1.82, 2.24) is 0 Å². The van der Waals surface area contributed by atoms with E-state index in [1.54, 1.807) is 14.0 Å². The van der Waals surface area contributed by atoms with E-state index < -0.39 is 11.9 Å². The van der Waals surface area contributed by atoms with Crippen molar-refractivity contribution >= 4 is 28.3 Å². The molecule has 0 amide bonds. The quantitative estimate of drug-likeness (QED) is 0.678. The molecule has 3 aromatic rings. The highest BCUT2D eigenvalue weighted by molar-refractivity contribution is 6.31. The van der Waals surface area contributed by atoms with Gasteiger partial charge in [0, 0.05) is 5.02 Å². The van der Waals surface area contributed by atoms with Crippen LogP contribution >= 0.6 is 11.6 Å². The third-order valence-electron chi connectivity index (χ3n) is 4.52. The minimum atomic E-state index is -0.844.